The van der Waals surface area contributed by atoms with Gasteiger partial charge >= 0.3 is 0 Å². The summed E-state index contributed by atoms with van der Waals surface area (Å²) in [6.07, 6.45) is 9.88. The minimum Gasteiger partial charge on any atom is -0.299 e. The lowest BCUT2D eigenvalue weighted by atomic mass is 9.93. The summed E-state index contributed by atoms with van der Waals surface area (Å²) in [4.78, 5) is 11.3. The summed E-state index contributed by atoms with van der Waals surface area (Å²) in [6, 6.07) is 0. The highest BCUT2D eigenvalue weighted by Crippen LogP contribution is 2.16. The Morgan fingerprint density at radius 2 is 2.00 bits per heavy atom. The van der Waals surface area contributed by atoms with Crippen LogP contribution in [0.4, 0.5) is 0 Å². The minimum absolute atomic E-state index is 0.0208. The summed E-state index contributed by atoms with van der Waals surface area (Å²) in [6.45, 7) is 9.83. The highest BCUT2D eigenvalue weighted by atomic mass is 16.1. The number of hydrogen-bond acceptors (Lipinski definition) is 1. The first-order valence-electron chi connectivity index (χ1n) is 5.99. The zero-order valence-electron chi connectivity index (χ0n) is 10.4. The standard InChI is InChI=1S/C14H24O/c1-5-7-8-9-10-11-12(3)14(6-2)13(4)15/h10-11,14H,3,5-9H2,1-2,4H3/b11-10-. The van der Waals surface area contributed by atoms with Gasteiger partial charge in [0, 0.05) is 5.92 Å². The fourth-order valence-electron chi connectivity index (χ4n) is 1.67. The predicted octanol–water partition coefficient (Wildman–Crippen LogP) is 4.29. The molecule has 0 aliphatic heterocycles. The molecule has 1 heteroatoms. The van der Waals surface area contributed by atoms with Crippen LogP contribution in [0.15, 0.2) is 24.3 Å². The Balaban J connectivity index is 3.94. The molecular weight excluding hydrogens is 184 g/mol. The molecule has 0 saturated carbocycles. The molecule has 0 radical (unpaired) electrons. The smallest absolute Gasteiger partial charge is 0.137 e. The first kappa shape index (κ1) is 14.2. The molecule has 0 saturated heterocycles. The van der Waals surface area contributed by atoms with Crippen LogP contribution in [-0.2, 0) is 4.79 Å². The van der Waals surface area contributed by atoms with E-state index in [0.717, 1.165) is 18.4 Å². The zero-order chi connectivity index (χ0) is 11.7. The topological polar surface area (TPSA) is 17.1 Å². The molecule has 0 aliphatic rings. The number of carbonyl (C=O) groups is 1. The van der Waals surface area contributed by atoms with Crippen LogP contribution in [-0.4, -0.2) is 5.78 Å². The van der Waals surface area contributed by atoms with Gasteiger partial charge in [0.05, 0.1) is 0 Å². The van der Waals surface area contributed by atoms with Crippen molar-refractivity contribution in [2.45, 2.75) is 52.9 Å². The van der Waals surface area contributed by atoms with Crippen molar-refractivity contribution in [3.05, 3.63) is 24.3 Å². The highest BCUT2D eigenvalue weighted by Gasteiger charge is 2.12. The lowest BCUT2D eigenvalue weighted by molar-refractivity contribution is -0.119. The van der Waals surface area contributed by atoms with Gasteiger partial charge in [-0.1, -0.05) is 45.4 Å². The summed E-state index contributed by atoms with van der Waals surface area (Å²) in [5.41, 5.74) is 0.960. The molecule has 0 bridgehead atoms. The van der Waals surface area contributed by atoms with Gasteiger partial charge in [-0.15, -0.1) is 0 Å². The third-order valence-corrected chi connectivity index (χ3v) is 2.65. The van der Waals surface area contributed by atoms with Crippen molar-refractivity contribution in [3.8, 4) is 0 Å². The Morgan fingerprint density at radius 1 is 1.33 bits per heavy atom. The van der Waals surface area contributed by atoms with Crippen LogP contribution in [0.2, 0.25) is 0 Å². The molecule has 0 N–H and O–H groups in total. The van der Waals surface area contributed by atoms with E-state index in [-0.39, 0.29) is 11.7 Å². The Hall–Kier alpha value is -0.850. The van der Waals surface area contributed by atoms with Gasteiger partial charge in [-0.25, -0.2) is 0 Å². The van der Waals surface area contributed by atoms with E-state index in [2.05, 4.69) is 19.6 Å². The van der Waals surface area contributed by atoms with Gasteiger partial charge in [-0.2, -0.15) is 0 Å². The van der Waals surface area contributed by atoms with E-state index in [1.54, 1.807) is 6.92 Å². The van der Waals surface area contributed by atoms with E-state index in [0.29, 0.717) is 0 Å². The van der Waals surface area contributed by atoms with Crippen LogP contribution >= 0.6 is 0 Å². The number of unbranched alkanes of at least 4 members (excludes halogenated alkanes) is 3. The van der Waals surface area contributed by atoms with E-state index in [1.807, 2.05) is 13.0 Å². The Morgan fingerprint density at radius 3 is 2.47 bits per heavy atom. The second-order valence-electron chi connectivity index (χ2n) is 4.04. The molecule has 15 heavy (non-hydrogen) atoms. The fraction of sp³-hybridized carbons (Fsp3) is 0.643. The van der Waals surface area contributed by atoms with Crippen LogP contribution in [0.5, 0.6) is 0 Å². The second-order valence-corrected chi connectivity index (χ2v) is 4.04. The Bertz CT molecular complexity index is 225. The van der Waals surface area contributed by atoms with Crippen LogP contribution in [0.25, 0.3) is 0 Å². The average Bonchev–Trinajstić information content (AvgIpc) is 2.18. The van der Waals surface area contributed by atoms with E-state index in [9.17, 15) is 4.79 Å². The Kier molecular flexibility index (Phi) is 7.98. The lowest BCUT2D eigenvalue weighted by Crippen LogP contribution is -2.10. The maximum absolute atomic E-state index is 11.3. The molecule has 0 aromatic carbocycles. The molecule has 0 aromatic heterocycles. The van der Waals surface area contributed by atoms with Crippen molar-refractivity contribution < 1.29 is 4.79 Å². The first-order chi connectivity index (χ1) is 7.13. The van der Waals surface area contributed by atoms with Crippen molar-refractivity contribution in [2.75, 3.05) is 0 Å². The monoisotopic (exact) mass is 208 g/mol. The van der Waals surface area contributed by atoms with Gasteiger partial charge in [-0.3, -0.25) is 4.79 Å². The van der Waals surface area contributed by atoms with Crippen molar-refractivity contribution in [1.29, 1.82) is 0 Å². The van der Waals surface area contributed by atoms with Gasteiger partial charge < -0.3 is 0 Å². The van der Waals surface area contributed by atoms with E-state index < -0.39 is 0 Å². The zero-order valence-corrected chi connectivity index (χ0v) is 10.4. The molecule has 0 heterocycles. The minimum atomic E-state index is 0.0208. The molecule has 0 aromatic rings. The van der Waals surface area contributed by atoms with Crippen LogP contribution < -0.4 is 0 Å². The number of rotatable bonds is 8. The fourth-order valence-corrected chi connectivity index (χ4v) is 1.67. The van der Waals surface area contributed by atoms with Gasteiger partial charge in [0.1, 0.15) is 5.78 Å². The summed E-state index contributed by atoms with van der Waals surface area (Å²) in [5.74, 6) is 0.244. The summed E-state index contributed by atoms with van der Waals surface area (Å²) in [7, 11) is 0. The van der Waals surface area contributed by atoms with Gasteiger partial charge in [0.2, 0.25) is 0 Å². The number of hydrogen-bond donors (Lipinski definition) is 0. The second kappa shape index (κ2) is 8.46. The average molecular weight is 208 g/mol. The van der Waals surface area contributed by atoms with Gasteiger partial charge in [-0.05, 0) is 31.8 Å². The third kappa shape index (κ3) is 6.27. The van der Waals surface area contributed by atoms with E-state index in [4.69, 9.17) is 0 Å². The van der Waals surface area contributed by atoms with Crippen molar-refractivity contribution in [2.24, 2.45) is 5.92 Å². The molecule has 0 aliphatic carbocycles. The maximum atomic E-state index is 11.3. The number of ketones is 1. The van der Waals surface area contributed by atoms with Crippen molar-refractivity contribution in [1.82, 2.24) is 0 Å². The molecule has 86 valence electrons. The summed E-state index contributed by atoms with van der Waals surface area (Å²) < 4.78 is 0. The van der Waals surface area contributed by atoms with Gasteiger partial charge in [0.15, 0.2) is 0 Å². The van der Waals surface area contributed by atoms with Crippen LogP contribution in [0.3, 0.4) is 0 Å². The van der Waals surface area contributed by atoms with Crippen LogP contribution in [0, 0.1) is 5.92 Å². The third-order valence-electron chi connectivity index (χ3n) is 2.65. The summed E-state index contributed by atoms with van der Waals surface area (Å²) in [5, 5.41) is 0. The largest absolute Gasteiger partial charge is 0.299 e. The van der Waals surface area contributed by atoms with Gasteiger partial charge in [0.25, 0.3) is 0 Å². The number of allylic oxidation sites excluding steroid dienone is 3. The molecule has 0 amide bonds. The highest BCUT2D eigenvalue weighted by molar-refractivity contribution is 5.81. The molecule has 0 rings (SSSR count). The molecule has 1 nitrogen and oxygen atoms in total. The number of carbonyl (C=O) groups excluding carboxylic acids is 1. The van der Waals surface area contributed by atoms with E-state index in [1.165, 1.54) is 19.3 Å². The maximum Gasteiger partial charge on any atom is 0.137 e. The predicted molar refractivity (Wildman–Crippen MR) is 66.9 cm³/mol. The van der Waals surface area contributed by atoms with E-state index >= 15 is 0 Å². The molecule has 0 fully saturated rings. The molecule has 0 spiro atoms. The Labute approximate surface area is 94.3 Å². The summed E-state index contributed by atoms with van der Waals surface area (Å²) >= 11 is 0. The molecular formula is C14H24O. The molecule has 1 atom stereocenters. The first-order valence-corrected chi connectivity index (χ1v) is 5.99. The SMILES string of the molecule is C=C(/C=C\CCCCC)C(CC)C(C)=O. The van der Waals surface area contributed by atoms with Crippen LogP contribution in [0.1, 0.15) is 52.9 Å². The van der Waals surface area contributed by atoms with Crippen molar-refractivity contribution >= 4 is 5.78 Å². The normalized spacial score (nSPS) is 13.0. The lowest BCUT2D eigenvalue weighted by Gasteiger charge is -2.10. The number of Topliss-reactive ketones (excluding diaryl/α,β-unsaturated/α-hetero) is 1. The van der Waals surface area contributed by atoms with Crippen molar-refractivity contribution in [3.63, 3.8) is 0 Å². The molecule has 1 unspecified atom stereocenters. The quantitative estimate of drug-likeness (QED) is 0.429.